The van der Waals surface area contributed by atoms with Gasteiger partial charge >= 0.3 is 0 Å². The Kier molecular flexibility index (Phi) is 5.62. The number of rotatable bonds is 4. The second-order valence-electron chi connectivity index (χ2n) is 1.57. The average Bonchev–Trinajstić information content (AvgIpc) is 1.85. The SMILES string of the molecule is C/C=C/OS(=O)CCC. The molecule has 0 spiro atoms. The van der Waals surface area contributed by atoms with Crippen LogP contribution < -0.4 is 0 Å². The Bertz CT molecular complexity index is 110. The second kappa shape index (κ2) is 5.82. The van der Waals surface area contributed by atoms with Crippen molar-refractivity contribution in [1.29, 1.82) is 0 Å². The van der Waals surface area contributed by atoms with E-state index in [0.717, 1.165) is 6.42 Å². The predicted octanol–water partition coefficient (Wildman–Crippen LogP) is 1.61. The fourth-order valence-corrected chi connectivity index (χ4v) is 0.997. The minimum atomic E-state index is -1.11. The van der Waals surface area contributed by atoms with E-state index in [4.69, 9.17) is 4.18 Å². The molecule has 0 aromatic carbocycles. The van der Waals surface area contributed by atoms with E-state index in [-0.39, 0.29) is 0 Å². The van der Waals surface area contributed by atoms with E-state index in [2.05, 4.69) is 0 Å². The highest BCUT2D eigenvalue weighted by molar-refractivity contribution is 7.80. The van der Waals surface area contributed by atoms with Crippen molar-refractivity contribution in [3.63, 3.8) is 0 Å². The van der Waals surface area contributed by atoms with Crippen molar-refractivity contribution in [3.8, 4) is 0 Å². The summed E-state index contributed by atoms with van der Waals surface area (Å²) in [6.45, 7) is 3.79. The van der Waals surface area contributed by atoms with Gasteiger partial charge in [-0.1, -0.05) is 13.0 Å². The lowest BCUT2D eigenvalue weighted by molar-refractivity contribution is 0.503. The van der Waals surface area contributed by atoms with Crippen molar-refractivity contribution in [2.45, 2.75) is 20.3 Å². The van der Waals surface area contributed by atoms with Gasteiger partial charge in [-0.3, -0.25) is 0 Å². The molecule has 0 heterocycles. The molecular weight excluding hydrogens is 136 g/mol. The first-order valence-corrected chi connectivity index (χ1v) is 4.22. The highest BCUT2D eigenvalue weighted by atomic mass is 32.2. The van der Waals surface area contributed by atoms with Crippen LogP contribution in [0.25, 0.3) is 0 Å². The Morgan fingerprint density at radius 2 is 2.33 bits per heavy atom. The van der Waals surface area contributed by atoms with Crippen LogP contribution in [0, 0.1) is 0 Å². The number of hydrogen-bond acceptors (Lipinski definition) is 2. The van der Waals surface area contributed by atoms with Gasteiger partial charge in [0.15, 0.2) is 0 Å². The zero-order valence-electron chi connectivity index (χ0n) is 5.79. The summed E-state index contributed by atoms with van der Waals surface area (Å²) in [5, 5.41) is 0. The quantitative estimate of drug-likeness (QED) is 0.566. The molecule has 2 nitrogen and oxygen atoms in total. The van der Waals surface area contributed by atoms with Gasteiger partial charge in [0, 0.05) is 0 Å². The lowest BCUT2D eigenvalue weighted by atomic mass is 10.6. The minimum Gasteiger partial charge on any atom is -0.409 e. The first kappa shape index (κ1) is 8.69. The summed E-state index contributed by atoms with van der Waals surface area (Å²) in [7, 11) is 0. The van der Waals surface area contributed by atoms with E-state index < -0.39 is 11.1 Å². The van der Waals surface area contributed by atoms with Crippen molar-refractivity contribution < 1.29 is 8.39 Å². The van der Waals surface area contributed by atoms with E-state index in [9.17, 15) is 4.21 Å². The van der Waals surface area contributed by atoms with Crippen LogP contribution in [0.15, 0.2) is 12.3 Å². The fourth-order valence-electron chi connectivity index (χ4n) is 0.332. The van der Waals surface area contributed by atoms with Crippen molar-refractivity contribution in [2.75, 3.05) is 5.75 Å². The first-order valence-electron chi connectivity index (χ1n) is 2.98. The van der Waals surface area contributed by atoms with Gasteiger partial charge in [0.05, 0.1) is 12.0 Å². The average molecular weight is 148 g/mol. The molecule has 0 aromatic rings. The molecule has 1 atom stereocenters. The second-order valence-corrected chi connectivity index (χ2v) is 2.78. The Labute approximate surface area is 58.6 Å². The molecule has 0 radical (unpaired) electrons. The van der Waals surface area contributed by atoms with Gasteiger partial charge in [0.25, 0.3) is 0 Å². The van der Waals surface area contributed by atoms with E-state index in [1.54, 1.807) is 6.08 Å². The van der Waals surface area contributed by atoms with Gasteiger partial charge in [-0.25, -0.2) is 4.21 Å². The minimum absolute atomic E-state index is 0.615. The Hall–Kier alpha value is -0.310. The maximum atomic E-state index is 10.6. The smallest absolute Gasteiger partial charge is 0.205 e. The van der Waals surface area contributed by atoms with Crippen LogP contribution in [0.4, 0.5) is 0 Å². The van der Waals surface area contributed by atoms with E-state index in [1.165, 1.54) is 6.26 Å². The van der Waals surface area contributed by atoms with Crippen LogP contribution in [-0.2, 0) is 15.3 Å². The maximum absolute atomic E-state index is 10.6. The van der Waals surface area contributed by atoms with Gasteiger partial charge in [0.2, 0.25) is 11.1 Å². The largest absolute Gasteiger partial charge is 0.409 e. The maximum Gasteiger partial charge on any atom is 0.205 e. The number of hydrogen-bond donors (Lipinski definition) is 0. The molecule has 3 heteroatoms. The summed E-state index contributed by atoms with van der Waals surface area (Å²) < 4.78 is 15.4. The molecule has 0 aliphatic heterocycles. The molecule has 0 amide bonds. The van der Waals surface area contributed by atoms with E-state index in [0.29, 0.717) is 5.75 Å². The van der Waals surface area contributed by atoms with Crippen LogP contribution in [0.1, 0.15) is 20.3 Å². The van der Waals surface area contributed by atoms with Crippen LogP contribution in [0.2, 0.25) is 0 Å². The first-order chi connectivity index (χ1) is 4.31. The van der Waals surface area contributed by atoms with Crippen LogP contribution in [0.3, 0.4) is 0 Å². The van der Waals surface area contributed by atoms with E-state index in [1.807, 2.05) is 13.8 Å². The van der Waals surface area contributed by atoms with Gasteiger partial charge in [-0.2, -0.15) is 0 Å². The van der Waals surface area contributed by atoms with Crippen LogP contribution in [0.5, 0.6) is 0 Å². The van der Waals surface area contributed by atoms with Gasteiger partial charge < -0.3 is 4.18 Å². The third-order valence-corrected chi connectivity index (χ3v) is 1.74. The lowest BCUT2D eigenvalue weighted by Gasteiger charge is -1.94. The summed E-state index contributed by atoms with van der Waals surface area (Å²) in [5.74, 6) is 0.615. The van der Waals surface area contributed by atoms with Gasteiger partial charge in [0.1, 0.15) is 0 Å². The molecule has 0 aliphatic carbocycles. The zero-order chi connectivity index (χ0) is 7.11. The van der Waals surface area contributed by atoms with E-state index >= 15 is 0 Å². The standard InChI is InChI=1S/C6H12O2S/c1-3-5-8-9(7)6-4-2/h3,5H,4,6H2,1-2H3/b5-3+. The van der Waals surface area contributed by atoms with Crippen molar-refractivity contribution >= 4 is 11.1 Å². The zero-order valence-corrected chi connectivity index (χ0v) is 6.61. The molecule has 9 heavy (non-hydrogen) atoms. The molecular formula is C6H12O2S. The topological polar surface area (TPSA) is 26.3 Å². The summed E-state index contributed by atoms with van der Waals surface area (Å²) >= 11 is -1.11. The van der Waals surface area contributed by atoms with Crippen LogP contribution >= 0.6 is 0 Å². The monoisotopic (exact) mass is 148 g/mol. The Morgan fingerprint density at radius 1 is 1.67 bits per heavy atom. The molecule has 0 saturated heterocycles. The normalized spacial score (nSPS) is 14.0. The summed E-state index contributed by atoms with van der Waals surface area (Å²) in [5.41, 5.74) is 0. The summed E-state index contributed by atoms with van der Waals surface area (Å²) in [6.07, 6.45) is 4.06. The van der Waals surface area contributed by atoms with Gasteiger partial charge in [-0.05, 0) is 13.3 Å². The van der Waals surface area contributed by atoms with Crippen molar-refractivity contribution in [3.05, 3.63) is 12.3 Å². The highest BCUT2D eigenvalue weighted by Gasteiger charge is 1.92. The van der Waals surface area contributed by atoms with Gasteiger partial charge in [-0.15, -0.1) is 0 Å². The Balaban J connectivity index is 3.27. The predicted molar refractivity (Wildman–Crippen MR) is 39.2 cm³/mol. The molecule has 0 aromatic heterocycles. The fraction of sp³-hybridized carbons (Fsp3) is 0.667. The molecule has 0 bridgehead atoms. The third-order valence-electron chi connectivity index (χ3n) is 0.670. The Morgan fingerprint density at radius 3 is 2.78 bits per heavy atom. The summed E-state index contributed by atoms with van der Waals surface area (Å²) in [6, 6.07) is 0. The molecule has 54 valence electrons. The molecule has 0 rings (SSSR count). The molecule has 0 N–H and O–H groups in total. The van der Waals surface area contributed by atoms with Crippen molar-refractivity contribution in [2.24, 2.45) is 0 Å². The van der Waals surface area contributed by atoms with Crippen LogP contribution in [-0.4, -0.2) is 9.96 Å². The highest BCUT2D eigenvalue weighted by Crippen LogP contribution is 1.89. The third kappa shape index (κ3) is 5.56. The number of allylic oxidation sites excluding steroid dienone is 1. The molecule has 0 saturated carbocycles. The molecule has 0 fully saturated rings. The summed E-state index contributed by atoms with van der Waals surface area (Å²) in [4.78, 5) is 0. The molecule has 0 aliphatic rings. The van der Waals surface area contributed by atoms with Crippen molar-refractivity contribution in [1.82, 2.24) is 0 Å². The lowest BCUT2D eigenvalue weighted by Crippen LogP contribution is -1.95. The molecule has 1 unspecified atom stereocenters.